The minimum Gasteiger partial charge on any atom is -0.481 e. The fourth-order valence-electron chi connectivity index (χ4n) is 3.00. The van der Waals surface area contributed by atoms with E-state index in [-0.39, 0.29) is 12.5 Å². The van der Waals surface area contributed by atoms with E-state index in [2.05, 4.69) is 39.8 Å². The van der Waals surface area contributed by atoms with Crippen molar-refractivity contribution in [3.05, 3.63) is 35.4 Å². The molecule has 1 saturated heterocycles. The molecule has 0 saturated carbocycles. The highest BCUT2D eigenvalue weighted by molar-refractivity contribution is 5.73. The minimum atomic E-state index is -0.845. The third-order valence-corrected chi connectivity index (χ3v) is 4.43. The van der Waals surface area contributed by atoms with Gasteiger partial charge in [0.1, 0.15) is 0 Å². The molecule has 1 aromatic rings. The van der Waals surface area contributed by atoms with Gasteiger partial charge in [-0.15, -0.1) is 0 Å². The van der Waals surface area contributed by atoms with Crippen molar-refractivity contribution in [2.45, 2.75) is 51.6 Å². The quantitative estimate of drug-likeness (QED) is 0.632. The Kier molecular flexibility index (Phi) is 8.25. The molecule has 1 fully saturated rings. The number of amides is 2. The number of likely N-dealkylation sites (tertiary alicyclic amines) is 1. The Labute approximate surface area is 149 Å². The van der Waals surface area contributed by atoms with Gasteiger partial charge < -0.3 is 15.7 Å². The van der Waals surface area contributed by atoms with Crippen molar-refractivity contribution in [3.63, 3.8) is 0 Å². The van der Waals surface area contributed by atoms with Gasteiger partial charge in [-0.1, -0.05) is 37.1 Å². The topological polar surface area (TPSA) is 81.7 Å². The largest absolute Gasteiger partial charge is 0.481 e. The maximum absolute atomic E-state index is 11.6. The Morgan fingerprint density at radius 1 is 0.960 bits per heavy atom. The van der Waals surface area contributed by atoms with Crippen molar-refractivity contribution in [2.24, 2.45) is 0 Å². The van der Waals surface area contributed by atoms with Gasteiger partial charge in [-0.3, -0.25) is 9.69 Å². The lowest BCUT2D eigenvalue weighted by atomic mass is 10.1. The predicted molar refractivity (Wildman–Crippen MR) is 97.3 cm³/mol. The molecule has 1 aromatic carbocycles. The number of benzene rings is 1. The second-order valence-electron chi connectivity index (χ2n) is 6.61. The van der Waals surface area contributed by atoms with Crippen molar-refractivity contribution < 1.29 is 14.7 Å². The third kappa shape index (κ3) is 8.03. The molecular weight excluding hydrogens is 318 g/mol. The summed E-state index contributed by atoms with van der Waals surface area (Å²) in [7, 11) is 0. The monoisotopic (exact) mass is 347 g/mol. The fourth-order valence-corrected chi connectivity index (χ4v) is 3.00. The van der Waals surface area contributed by atoms with E-state index < -0.39 is 5.97 Å². The van der Waals surface area contributed by atoms with Crippen molar-refractivity contribution in [1.82, 2.24) is 15.5 Å². The third-order valence-electron chi connectivity index (χ3n) is 4.43. The first kappa shape index (κ1) is 19.2. The van der Waals surface area contributed by atoms with Crippen molar-refractivity contribution in [3.8, 4) is 0 Å². The Bertz CT molecular complexity index is 537. The highest BCUT2D eigenvalue weighted by atomic mass is 16.4. The van der Waals surface area contributed by atoms with Gasteiger partial charge >= 0.3 is 12.0 Å². The fraction of sp³-hybridized carbons (Fsp3) is 0.579. The summed E-state index contributed by atoms with van der Waals surface area (Å²) in [5.41, 5.74) is 2.36. The summed E-state index contributed by atoms with van der Waals surface area (Å²) in [6, 6.07) is 8.11. The van der Waals surface area contributed by atoms with Gasteiger partial charge in [0.2, 0.25) is 0 Å². The lowest BCUT2D eigenvalue weighted by Gasteiger charge is -2.19. The average Bonchev–Trinajstić information content (AvgIpc) is 2.87. The smallest absolute Gasteiger partial charge is 0.315 e. The number of nitrogens with zero attached hydrogens (tertiary/aromatic N) is 1. The molecule has 0 spiro atoms. The minimum absolute atomic E-state index is 0.0682. The molecular formula is C19H29N3O3. The van der Waals surface area contributed by atoms with Crippen molar-refractivity contribution >= 4 is 12.0 Å². The lowest BCUT2D eigenvalue weighted by Crippen LogP contribution is -2.35. The van der Waals surface area contributed by atoms with E-state index in [0.717, 1.165) is 12.1 Å². The zero-order valence-corrected chi connectivity index (χ0v) is 14.8. The van der Waals surface area contributed by atoms with Gasteiger partial charge in [0.15, 0.2) is 0 Å². The van der Waals surface area contributed by atoms with Gasteiger partial charge in [0.25, 0.3) is 0 Å². The first-order valence-electron chi connectivity index (χ1n) is 9.17. The van der Waals surface area contributed by atoms with E-state index >= 15 is 0 Å². The molecule has 2 rings (SSSR count). The number of rotatable bonds is 8. The predicted octanol–water partition coefficient (Wildman–Crippen LogP) is 2.73. The number of carboxylic acid groups (broad SMARTS) is 1. The van der Waals surface area contributed by atoms with Gasteiger partial charge in [0, 0.05) is 26.1 Å². The zero-order valence-electron chi connectivity index (χ0n) is 14.8. The second kappa shape index (κ2) is 10.7. The molecule has 0 unspecified atom stereocenters. The van der Waals surface area contributed by atoms with E-state index in [1.807, 2.05) is 0 Å². The van der Waals surface area contributed by atoms with E-state index in [1.54, 1.807) is 0 Å². The number of hydrogen-bond donors (Lipinski definition) is 3. The van der Waals surface area contributed by atoms with E-state index in [4.69, 9.17) is 5.11 Å². The lowest BCUT2D eigenvalue weighted by molar-refractivity contribution is -0.137. The maximum Gasteiger partial charge on any atom is 0.315 e. The van der Waals surface area contributed by atoms with Crippen LogP contribution in [0.4, 0.5) is 4.79 Å². The number of hydrogen-bond acceptors (Lipinski definition) is 3. The molecule has 0 radical (unpaired) electrons. The van der Waals surface area contributed by atoms with Crippen LogP contribution >= 0.6 is 0 Å². The molecule has 0 atom stereocenters. The number of carbonyl (C=O) groups is 2. The van der Waals surface area contributed by atoms with Crippen LogP contribution in [-0.4, -0.2) is 41.6 Å². The summed E-state index contributed by atoms with van der Waals surface area (Å²) in [4.78, 5) is 24.6. The van der Waals surface area contributed by atoms with Crippen molar-refractivity contribution in [2.75, 3.05) is 19.6 Å². The van der Waals surface area contributed by atoms with Crippen LogP contribution in [0.1, 0.15) is 49.7 Å². The average molecular weight is 347 g/mol. The number of urea groups is 1. The molecule has 6 nitrogen and oxygen atoms in total. The molecule has 1 aliphatic heterocycles. The highest BCUT2D eigenvalue weighted by Gasteiger charge is 2.09. The van der Waals surface area contributed by atoms with E-state index in [0.29, 0.717) is 19.5 Å². The Morgan fingerprint density at radius 2 is 1.60 bits per heavy atom. The normalized spacial score (nSPS) is 15.4. The van der Waals surface area contributed by atoms with Crippen molar-refractivity contribution in [1.29, 1.82) is 0 Å². The molecule has 0 aliphatic carbocycles. The summed E-state index contributed by atoms with van der Waals surface area (Å²) >= 11 is 0. The van der Waals surface area contributed by atoms with E-state index in [9.17, 15) is 9.59 Å². The number of carboxylic acids is 1. The molecule has 138 valence electrons. The van der Waals surface area contributed by atoms with Gasteiger partial charge in [-0.05, 0) is 43.5 Å². The summed E-state index contributed by atoms with van der Waals surface area (Å²) in [5.74, 6) is -0.845. The molecule has 1 heterocycles. The zero-order chi connectivity index (χ0) is 17.9. The van der Waals surface area contributed by atoms with Crippen LogP contribution in [0.3, 0.4) is 0 Å². The van der Waals surface area contributed by atoms with Crippen LogP contribution in [0.5, 0.6) is 0 Å². The maximum atomic E-state index is 11.6. The van der Waals surface area contributed by atoms with Crippen LogP contribution in [0, 0.1) is 0 Å². The molecule has 25 heavy (non-hydrogen) atoms. The Hall–Kier alpha value is -2.08. The number of aliphatic carboxylic acids is 1. The standard InChI is InChI=1S/C19H29N3O3/c23-18(24)6-5-11-20-19(25)21-14-16-7-9-17(10-8-16)15-22-12-3-1-2-4-13-22/h7-10H,1-6,11-15H2,(H,23,24)(H2,20,21,25). The molecule has 1 aliphatic rings. The van der Waals surface area contributed by atoms with Crippen LogP contribution in [0.25, 0.3) is 0 Å². The highest BCUT2D eigenvalue weighted by Crippen LogP contribution is 2.13. The number of nitrogens with one attached hydrogen (secondary N) is 2. The second-order valence-corrected chi connectivity index (χ2v) is 6.61. The molecule has 0 aromatic heterocycles. The van der Waals surface area contributed by atoms with Gasteiger partial charge in [-0.25, -0.2) is 4.79 Å². The Morgan fingerprint density at radius 3 is 2.24 bits per heavy atom. The molecule has 6 heteroatoms. The molecule has 0 bridgehead atoms. The molecule has 2 amide bonds. The van der Waals surface area contributed by atoms with E-state index in [1.165, 1.54) is 44.3 Å². The summed E-state index contributed by atoms with van der Waals surface area (Å²) in [5, 5.41) is 14.0. The van der Waals surface area contributed by atoms with Gasteiger partial charge in [0.05, 0.1) is 0 Å². The number of carbonyl (C=O) groups excluding carboxylic acids is 1. The summed E-state index contributed by atoms with van der Waals surface area (Å²) in [6.07, 6.45) is 5.79. The first-order valence-corrected chi connectivity index (χ1v) is 9.17. The van der Waals surface area contributed by atoms with Crippen LogP contribution in [0.15, 0.2) is 24.3 Å². The van der Waals surface area contributed by atoms with Crippen LogP contribution in [-0.2, 0) is 17.9 Å². The van der Waals surface area contributed by atoms with Gasteiger partial charge in [-0.2, -0.15) is 0 Å². The summed E-state index contributed by atoms with van der Waals surface area (Å²) in [6.45, 7) is 4.20. The Balaban J connectivity index is 1.67. The molecule has 3 N–H and O–H groups in total. The van der Waals surface area contributed by atoms with Crippen LogP contribution < -0.4 is 10.6 Å². The van der Waals surface area contributed by atoms with Crippen LogP contribution in [0.2, 0.25) is 0 Å². The SMILES string of the molecule is O=C(O)CCCNC(=O)NCc1ccc(CN2CCCCCC2)cc1. The summed E-state index contributed by atoms with van der Waals surface area (Å²) < 4.78 is 0. The first-order chi connectivity index (χ1) is 12.1.